The molecule has 1 N–H and O–H groups in total. The molecule has 4 rings (SSSR count). The van der Waals surface area contributed by atoms with Gasteiger partial charge in [0.15, 0.2) is 0 Å². The first-order valence-electron chi connectivity index (χ1n) is 7.41. The summed E-state index contributed by atoms with van der Waals surface area (Å²) in [7, 11) is 0. The second kappa shape index (κ2) is 4.88. The summed E-state index contributed by atoms with van der Waals surface area (Å²) in [6, 6.07) is 19.3. The smallest absolute Gasteiger partial charge is 0.0931 e. The van der Waals surface area contributed by atoms with Crippen LogP contribution in [-0.2, 0) is 0 Å². The Hall–Kier alpha value is -2.81. The lowest BCUT2D eigenvalue weighted by Crippen LogP contribution is -1.99. The highest BCUT2D eigenvalue weighted by Crippen LogP contribution is 2.27. The third kappa shape index (κ3) is 2.02. The molecule has 108 valence electrons. The van der Waals surface area contributed by atoms with Crippen molar-refractivity contribution in [3.05, 3.63) is 72.2 Å². The quantitative estimate of drug-likeness (QED) is 0.572. The molecule has 2 aromatic heterocycles. The van der Waals surface area contributed by atoms with Gasteiger partial charge in [-0.25, -0.2) is 4.98 Å². The first-order valence-corrected chi connectivity index (χ1v) is 7.41. The monoisotopic (exact) mass is 287 g/mol. The SMILES string of the molecule is Cc1ccc(-c2ccc(C)n2-c2ccc3nc[nH]c3c2)cc1. The maximum Gasteiger partial charge on any atom is 0.0931 e. The van der Waals surface area contributed by atoms with Crippen molar-refractivity contribution in [3.8, 4) is 16.9 Å². The Balaban J connectivity index is 1.91. The van der Waals surface area contributed by atoms with Crippen molar-refractivity contribution in [2.24, 2.45) is 0 Å². The predicted molar refractivity (Wildman–Crippen MR) is 90.3 cm³/mol. The van der Waals surface area contributed by atoms with Gasteiger partial charge >= 0.3 is 0 Å². The summed E-state index contributed by atoms with van der Waals surface area (Å²) in [5.74, 6) is 0. The fourth-order valence-electron chi connectivity index (χ4n) is 2.89. The highest BCUT2D eigenvalue weighted by atomic mass is 15.0. The number of rotatable bonds is 2. The minimum absolute atomic E-state index is 0.991. The van der Waals surface area contributed by atoms with Gasteiger partial charge in [-0.3, -0.25) is 0 Å². The van der Waals surface area contributed by atoms with Crippen molar-refractivity contribution in [2.45, 2.75) is 13.8 Å². The molecule has 3 nitrogen and oxygen atoms in total. The van der Waals surface area contributed by atoms with Crippen LogP contribution in [0.2, 0.25) is 0 Å². The number of hydrogen-bond acceptors (Lipinski definition) is 1. The molecular weight excluding hydrogens is 270 g/mol. The van der Waals surface area contributed by atoms with Crippen molar-refractivity contribution in [1.82, 2.24) is 14.5 Å². The van der Waals surface area contributed by atoms with E-state index in [1.54, 1.807) is 6.33 Å². The number of nitrogens with zero attached hydrogens (tertiary/aromatic N) is 2. The largest absolute Gasteiger partial charge is 0.345 e. The number of fused-ring (bicyclic) bond motifs is 1. The number of benzene rings is 2. The van der Waals surface area contributed by atoms with Gasteiger partial charge in [-0.2, -0.15) is 0 Å². The molecule has 0 unspecified atom stereocenters. The molecule has 0 aliphatic rings. The maximum absolute atomic E-state index is 4.29. The average molecular weight is 287 g/mol. The minimum atomic E-state index is 0.991. The zero-order valence-electron chi connectivity index (χ0n) is 12.7. The Morgan fingerprint density at radius 2 is 1.73 bits per heavy atom. The van der Waals surface area contributed by atoms with E-state index in [1.165, 1.54) is 22.5 Å². The second-order valence-electron chi connectivity index (χ2n) is 5.67. The van der Waals surface area contributed by atoms with Crippen molar-refractivity contribution in [1.29, 1.82) is 0 Å². The summed E-state index contributed by atoms with van der Waals surface area (Å²) in [6.07, 6.45) is 1.73. The van der Waals surface area contributed by atoms with Gasteiger partial charge in [0.2, 0.25) is 0 Å². The Labute approximate surface area is 129 Å². The summed E-state index contributed by atoms with van der Waals surface area (Å²) < 4.78 is 2.28. The van der Waals surface area contributed by atoms with E-state index in [0.717, 1.165) is 16.7 Å². The van der Waals surface area contributed by atoms with E-state index in [9.17, 15) is 0 Å². The van der Waals surface area contributed by atoms with Crippen molar-refractivity contribution >= 4 is 11.0 Å². The lowest BCUT2D eigenvalue weighted by Gasteiger charge is -2.12. The van der Waals surface area contributed by atoms with Crippen LogP contribution in [0.25, 0.3) is 28.0 Å². The zero-order valence-corrected chi connectivity index (χ0v) is 12.7. The predicted octanol–water partition coefficient (Wildman–Crippen LogP) is 4.64. The van der Waals surface area contributed by atoms with Crippen LogP contribution < -0.4 is 0 Å². The molecular formula is C19H17N3. The summed E-state index contributed by atoms with van der Waals surface area (Å²) in [5, 5.41) is 0. The molecule has 0 spiro atoms. The summed E-state index contributed by atoms with van der Waals surface area (Å²) >= 11 is 0. The van der Waals surface area contributed by atoms with Gasteiger partial charge in [-0.05, 0) is 49.7 Å². The van der Waals surface area contributed by atoms with Crippen LogP contribution in [0.4, 0.5) is 0 Å². The van der Waals surface area contributed by atoms with Crippen LogP contribution >= 0.6 is 0 Å². The number of hydrogen-bond donors (Lipinski definition) is 1. The van der Waals surface area contributed by atoms with E-state index in [4.69, 9.17) is 0 Å². The zero-order chi connectivity index (χ0) is 15.1. The lowest BCUT2D eigenvalue weighted by atomic mass is 10.1. The highest BCUT2D eigenvalue weighted by Gasteiger charge is 2.10. The van der Waals surface area contributed by atoms with Crippen molar-refractivity contribution < 1.29 is 0 Å². The van der Waals surface area contributed by atoms with E-state index in [2.05, 4.69) is 83.0 Å². The third-order valence-corrected chi connectivity index (χ3v) is 4.09. The topological polar surface area (TPSA) is 33.6 Å². The molecule has 2 heterocycles. The molecule has 0 amide bonds. The molecule has 4 aromatic rings. The van der Waals surface area contributed by atoms with Gasteiger partial charge in [0.05, 0.1) is 23.1 Å². The molecule has 0 atom stereocenters. The van der Waals surface area contributed by atoms with Gasteiger partial charge in [0.25, 0.3) is 0 Å². The number of aromatic amines is 1. The molecule has 0 fully saturated rings. The van der Waals surface area contributed by atoms with Crippen LogP contribution in [0.3, 0.4) is 0 Å². The van der Waals surface area contributed by atoms with E-state index in [-0.39, 0.29) is 0 Å². The molecule has 0 aliphatic heterocycles. The maximum atomic E-state index is 4.29. The number of aryl methyl sites for hydroxylation is 2. The normalized spacial score (nSPS) is 11.2. The molecule has 0 saturated heterocycles. The number of imidazole rings is 1. The van der Waals surface area contributed by atoms with Crippen molar-refractivity contribution in [3.63, 3.8) is 0 Å². The van der Waals surface area contributed by atoms with E-state index in [1.807, 2.05) is 0 Å². The van der Waals surface area contributed by atoms with Crippen LogP contribution in [0.5, 0.6) is 0 Å². The standard InChI is InChI=1S/C19H17N3/c1-13-3-6-15(7-4-13)19-10-5-14(2)22(19)16-8-9-17-18(11-16)21-12-20-17/h3-12H,1-2H3,(H,20,21). The number of nitrogens with one attached hydrogen (secondary N) is 1. The Kier molecular flexibility index (Phi) is 2.86. The molecule has 0 aliphatic carbocycles. The highest BCUT2D eigenvalue weighted by molar-refractivity contribution is 5.78. The van der Waals surface area contributed by atoms with Gasteiger partial charge < -0.3 is 9.55 Å². The molecule has 2 aromatic carbocycles. The number of aromatic nitrogens is 3. The van der Waals surface area contributed by atoms with E-state index >= 15 is 0 Å². The minimum Gasteiger partial charge on any atom is -0.345 e. The van der Waals surface area contributed by atoms with Gasteiger partial charge in [0, 0.05) is 11.4 Å². The molecule has 0 bridgehead atoms. The Morgan fingerprint density at radius 3 is 2.55 bits per heavy atom. The van der Waals surface area contributed by atoms with Gasteiger partial charge in [-0.15, -0.1) is 0 Å². The molecule has 3 heteroatoms. The fourth-order valence-corrected chi connectivity index (χ4v) is 2.89. The van der Waals surface area contributed by atoms with Gasteiger partial charge in [0.1, 0.15) is 0 Å². The Morgan fingerprint density at radius 1 is 0.909 bits per heavy atom. The van der Waals surface area contributed by atoms with Crippen LogP contribution in [0, 0.1) is 13.8 Å². The summed E-state index contributed by atoms with van der Waals surface area (Å²) in [6.45, 7) is 4.25. The first-order chi connectivity index (χ1) is 10.7. The lowest BCUT2D eigenvalue weighted by molar-refractivity contribution is 1.02. The van der Waals surface area contributed by atoms with Crippen molar-refractivity contribution in [2.75, 3.05) is 0 Å². The molecule has 0 radical (unpaired) electrons. The fraction of sp³-hybridized carbons (Fsp3) is 0.105. The van der Waals surface area contributed by atoms with Gasteiger partial charge in [-0.1, -0.05) is 29.8 Å². The summed E-state index contributed by atoms with van der Waals surface area (Å²) in [4.78, 5) is 7.47. The third-order valence-electron chi connectivity index (χ3n) is 4.09. The van der Waals surface area contributed by atoms with Crippen LogP contribution in [0.15, 0.2) is 60.9 Å². The number of H-pyrrole nitrogens is 1. The molecule has 22 heavy (non-hydrogen) atoms. The van der Waals surface area contributed by atoms with Crippen LogP contribution in [0.1, 0.15) is 11.3 Å². The van der Waals surface area contributed by atoms with E-state index < -0.39 is 0 Å². The Bertz CT molecular complexity index is 942. The van der Waals surface area contributed by atoms with Crippen LogP contribution in [-0.4, -0.2) is 14.5 Å². The molecule has 0 saturated carbocycles. The summed E-state index contributed by atoms with van der Waals surface area (Å²) in [5.41, 5.74) is 8.12. The second-order valence-corrected chi connectivity index (χ2v) is 5.67. The van der Waals surface area contributed by atoms with E-state index in [0.29, 0.717) is 0 Å². The first kappa shape index (κ1) is 12.9. The average Bonchev–Trinajstić information content (AvgIpc) is 3.13.